The van der Waals surface area contributed by atoms with Crippen molar-refractivity contribution in [1.82, 2.24) is 4.90 Å². The highest BCUT2D eigenvalue weighted by atomic mass is 19.4. The van der Waals surface area contributed by atoms with Crippen LogP contribution >= 0.6 is 0 Å². The molecule has 286 valence electrons. The molecule has 1 amide bonds. The molecule has 0 aliphatic carbocycles. The minimum atomic E-state index is -5.35. The number of hydrogen-bond donors (Lipinski definition) is 1. The lowest BCUT2D eigenvalue weighted by Crippen LogP contribution is -2.45. The topological polar surface area (TPSA) is 85.3 Å². The second kappa shape index (κ2) is 15.1. The minimum absolute atomic E-state index is 0.0401. The van der Waals surface area contributed by atoms with Gasteiger partial charge in [-0.2, -0.15) is 39.5 Å². The molecule has 0 bridgehead atoms. The van der Waals surface area contributed by atoms with Gasteiger partial charge in [-0.3, -0.25) is 4.90 Å². The standard InChI is InChI=1S/C35H35F10NO6/c1-17(2)25-14-26(28(50-7)15-27(25)36)24-9-8-21(33(37,38)39)12-20(24)16-46(30(47)52-32(4,5)6)18(3)29(51-31(48)49)19-10-22(34(40,41)42)13-23(11-19)35(43,44)45/h8-15,17-18,29H,16H2,1-7H3,(H,48,49). The molecule has 3 aromatic rings. The Morgan fingerprint density at radius 2 is 1.31 bits per heavy atom. The molecule has 0 spiro atoms. The number of carbonyl (C=O) groups is 2. The molecular formula is C35H35F10NO6. The highest BCUT2D eigenvalue weighted by Crippen LogP contribution is 2.42. The van der Waals surface area contributed by atoms with Crippen LogP contribution in [0.1, 0.15) is 86.9 Å². The van der Waals surface area contributed by atoms with Crippen LogP contribution in [0.3, 0.4) is 0 Å². The Kier molecular flexibility index (Phi) is 12.1. The second-order valence-electron chi connectivity index (χ2n) is 13.1. The Morgan fingerprint density at radius 1 is 0.769 bits per heavy atom. The van der Waals surface area contributed by atoms with Gasteiger partial charge in [0.2, 0.25) is 0 Å². The minimum Gasteiger partial charge on any atom is -0.496 e. The first-order valence-corrected chi connectivity index (χ1v) is 15.4. The fourth-order valence-electron chi connectivity index (χ4n) is 5.30. The Balaban J connectivity index is 2.38. The van der Waals surface area contributed by atoms with E-state index in [1.807, 2.05) is 0 Å². The number of nitrogens with zero attached hydrogens (tertiary/aromatic N) is 1. The smallest absolute Gasteiger partial charge is 0.496 e. The van der Waals surface area contributed by atoms with E-state index in [-0.39, 0.29) is 46.2 Å². The van der Waals surface area contributed by atoms with Gasteiger partial charge in [0.25, 0.3) is 0 Å². The summed E-state index contributed by atoms with van der Waals surface area (Å²) in [7, 11) is 1.17. The zero-order chi connectivity index (χ0) is 39.7. The maximum absolute atomic E-state index is 14.9. The molecule has 17 heteroatoms. The average molecular weight is 756 g/mol. The molecule has 0 heterocycles. The van der Waals surface area contributed by atoms with E-state index < -0.39 is 89.1 Å². The molecule has 3 aromatic carbocycles. The van der Waals surface area contributed by atoms with E-state index in [1.54, 1.807) is 13.8 Å². The Bertz CT molecular complexity index is 1750. The van der Waals surface area contributed by atoms with Gasteiger partial charge >= 0.3 is 30.8 Å². The zero-order valence-electron chi connectivity index (χ0n) is 28.8. The predicted molar refractivity (Wildman–Crippen MR) is 167 cm³/mol. The Morgan fingerprint density at radius 3 is 1.75 bits per heavy atom. The maximum atomic E-state index is 14.9. The number of ether oxygens (including phenoxy) is 3. The van der Waals surface area contributed by atoms with Gasteiger partial charge in [-0.25, -0.2) is 14.0 Å². The maximum Gasteiger partial charge on any atom is 0.506 e. The Labute approximate surface area is 292 Å². The Hall–Kier alpha value is -4.70. The lowest BCUT2D eigenvalue weighted by Gasteiger charge is -2.36. The number of amides is 1. The largest absolute Gasteiger partial charge is 0.506 e. The van der Waals surface area contributed by atoms with E-state index in [0.717, 1.165) is 19.1 Å². The number of rotatable bonds is 9. The first kappa shape index (κ1) is 41.7. The summed E-state index contributed by atoms with van der Waals surface area (Å²) in [6, 6.07) is 3.06. The number of alkyl halides is 9. The van der Waals surface area contributed by atoms with Gasteiger partial charge in [0.05, 0.1) is 36.4 Å². The molecular weight excluding hydrogens is 720 g/mol. The normalized spacial score (nSPS) is 13.8. The number of methoxy groups -OCH3 is 1. The van der Waals surface area contributed by atoms with Crippen molar-refractivity contribution in [3.05, 3.63) is 87.7 Å². The number of carboxylic acid groups (broad SMARTS) is 1. The van der Waals surface area contributed by atoms with E-state index in [2.05, 4.69) is 0 Å². The third-order valence-electron chi connectivity index (χ3n) is 7.73. The van der Waals surface area contributed by atoms with Crippen LogP contribution in [0, 0.1) is 5.82 Å². The van der Waals surface area contributed by atoms with E-state index in [9.17, 15) is 58.6 Å². The lowest BCUT2D eigenvalue weighted by molar-refractivity contribution is -0.143. The van der Waals surface area contributed by atoms with E-state index in [4.69, 9.17) is 14.2 Å². The van der Waals surface area contributed by atoms with Gasteiger partial charge in [-0.1, -0.05) is 19.9 Å². The summed E-state index contributed by atoms with van der Waals surface area (Å²) in [5, 5.41) is 9.55. The number of carbonyl (C=O) groups excluding carboxylic acids is 1. The van der Waals surface area contributed by atoms with Crippen molar-refractivity contribution < 1.29 is 72.8 Å². The van der Waals surface area contributed by atoms with Gasteiger partial charge in [0.1, 0.15) is 17.2 Å². The summed E-state index contributed by atoms with van der Waals surface area (Å²) in [6.45, 7) is 7.59. The van der Waals surface area contributed by atoms with Crippen molar-refractivity contribution in [2.24, 2.45) is 0 Å². The summed E-state index contributed by atoms with van der Waals surface area (Å²) < 4.78 is 155. The van der Waals surface area contributed by atoms with Crippen molar-refractivity contribution in [3.8, 4) is 16.9 Å². The highest BCUT2D eigenvalue weighted by Gasteiger charge is 2.41. The van der Waals surface area contributed by atoms with Crippen molar-refractivity contribution in [2.45, 2.75) is 90.3 Å². The summed E-state index contributed by atoms with van der Waals surface area (Å²) in [5.41, 5.74) is -7.31. The SMILES string of the molecule is COc1cc(F)c(C(C)C)cc1-c1ccc(C(F)(F)F)cc1CN(C(=O)OC(C)(C)C)C(C)C(OC(=O)O)c1cc(C(F)(F)F)cc(C(F)(F)F)c1. The van der Waals surface area contributed by atoms with Crippen LogP contribution in [-0.2, 0) is 34.5 Å². The average Bonchev–Trinajstić information content (AvgIpc) is 2.99. The summed E-state index contributed by atoms with van der Waals surface area (Å²) in [5.74, 6) is -1.25. The molecule has 0 aliphatic heterocycles. The molecule has 0 fully saturated rings. The van der Waals surface area contributed by atoms with Crippen molar-refractivity contribution in [3.63, 3.8) is 0 Å². The summed E-state index contributed by atoms with van der Waals surface area (Å²) >= 11 is 0. The third-order valence-corrected chi connectivity index (χ3v) is 7.73. The van der Waals surface area contributed by atoms with Crippen LogP contribution in [0.5, 0.6) is 5.75 Å². The van der Waals surface area contributed by atoms with Crippen molar-refractivity contribution in [1.29, 1.82) is 0 Å². The van der Waals surface area contributed by atoms with Crippen molar-refractivity contribution >= 4 is 12.2 Å². The lowest BCUT2D eigenvalue weighted by atomic mass is 9.91. The molecule has 7 nitrogen and oxygen atoms in total. The first-order chi connectivity index (χ1) is 23.6. The number of halogens is 10. The predicted octanol–water partition coefficient (Wildman–Crippen LogP) is 11.2. The van der Waals surface area contributed by atoms with Gasteiger partial charge in [-0.15, -0.1) is 0 Å². The molecule has 0 aliphatic rings. The van der Waals surface area contributed by atoms with Crippen molar-refractivity contribution in [2.75, 3.05) is 7.11 Å². The highest BCUT2D eigenvalue weighted by molar-refractivity contribution is 5.76. The van der Waals surface area contributed by atoms with E-state index >= 15 is 0 Å². The fourth-order valence-corrected chi connectivity index (χ4v) is 5.30. The molecule has 0 aromatic heterocycles. The fraction of sp³-hybridized carbons (Fsp3) is 0.429. The second-order valence-corrected chi connectivity index (χ2v) is 13.1. The van der Waals surface area contributed by atoms with Gasteiger partial charge in [-0.05, 0) is 92.3 Å². The molecule has 0 saturated heterocycles. The zero-order valence-corrected chi connectivity index (χ0v) is 28.8. The van der Waals surface area contributed by atoms with Crippen LogP contribution in [0.2, 0.25) is 0 Å². The van der Waals surface area contributed by atoms with E-state index in [1.165, 1.54) is 33.9 Å². The number of hydrogen-bond acceptors (Lipinski definition) is 5. The van der Waals surface area contributed by atoms with Gasteiger partial charge in [0, 0.05) is 11.6 Å². The van der Waals surface area contributed by atoms with Crippen LogP contribution in [0.15, 0.2) is 48.5 Å². The van der Waals surface area contributed by atoms with Gasteiger partial charge < -0.3 is 19.3 Å². The molecule has 0 radical (unpaired) electrons. The summed E-state index contributed by atoms with van der Waals surface area (Å²) in [6.07, 6.45) is -21.5. The quantitative estimate of drug-likeness (QED) is 0.173. The molecule has 52 heavy (non-hydrogen) atoms. The molecule has 2 atom stereocenters. The summed E-state index contributed by atoms with van der Waals surface area (Å²) in [4.78, 5) is 26.2. The third kappa shape index (κ3) is 10.2. The monoisotopic (exact) mass is 755 g/mol. The van der Waals surface area contributed by atoms with Crippen LogP contribution < -0.4 is 4.74 Å². The van der Waals surface area contributed by atoms with Crippen LogP contribution in [0.4, 0.5) is 53.5 Å². The van der Waals surface area contributed by atoms with Crippen LogP contribution in [-0.4, -0.2) is 41.0 Å². The number of benzene rings is 3. The van der Waals surface area contributed by atoms with Crippen LogP contribution in [0.25, 0.3) is 11.1 Å². The molecule has 2 unspecified atom stereocenters. The van der Waals surface area contributed by atoms with E-state index in [0.29, 0.717) is 17.0 Å². The van der Waals surface area contributed by atoms with Gasteiger partial charge in [0.15, 0.2) is 6.10 Å². The first-order valence-electron chi connectivity index (χ1n) is 15.4. The molecule has 3 rings (SSSR count). The molecule has 1 N–H and O–H groups in total. The molecule has 0 saturated carbocycles.